The maximum absolute atomic E-state index is 12.1. The van der Waals surface area contributed by atoms with Crippen molar-refractivity contribution >= 4 is 10.0 Å². The molecule has 2 rings (SSSR count). The van der Waals surface area contributed by atoms with Crippen LogP contribution in [0.5, 0.6) is 0 Å². The third-order valence-electron chi connectivity index (χ3n) is 3.03. The molecular weight excluding hydrogens is 238 g/mol. The van der Waals surface area contributed by atoms with E-state index in [1.54, 1.807) is 25.1 Å². The Hall–Kier alpha value is -0.910. The monoisotopic (exact) mass is 255 g/mol. The summed E-state index contributed by atoms with van der Waals surface area (Å²) in [5, 5.41) is 9.44. The molecule has 1 aromatic rings. The van der Waals surface area contributed by atoms with Crippen molar-refractivity contribution in [2.75, 3.05) is 0 Å². The Morgan fingerprint density at radius 3 is 2.59 bits per heavy atom. The van der Waals surface area contributed by atoms with Crippen LogP contribution >= 0.6 is 0 Å². The van der Waals surface area contributed by atoms with Crippen LogP contribution in [0.15, 0.2) is 29.2 Å². The highest BCUT2D eigenvalue weighted by Gasteiger charge is 2.41. The first-order chi connectivity index (χ1) is 7.82. The van der Waals surface area contributed by atoms with Gasteiger partial charge in [0.25, 0.3) is 0 Å². The number of sulfonamides is 1. The highest BCUT2D eigenvalue weighted by Crippen LogP contribution is 2.36. The molecule has 0 saturated heterocycles. The Balaban J connectivity index is 2.29. The number of hydrogen-bond acceptors (Lipinski definition) is 3. The van der Waals surface area contributed by atoms with Gasteiger partial charge >= 0.3 is 0 Å². The van der Waals surface area contributed by atoms with Crippen molar-refractivity contribution in [3.8, 4) is 0 Å². The fraction of sp³-hybridized carbons (Fsp3) is 0.500. The number of aliphatic hydroxyl groups is 1. The van der Waals surface area contributed by atoms with Crippen molar-refractivity contribution in [1.82, 2.24) is 4.72 Å². The number of aliphatic hydroxyl groups excluding tert-OH is 1. The molecule has 0 spiro atoms. The fourth-order valence-electron chi connectivity index (χ4n) is 1.61. The van der Waals surface area contributed by atoms with Crippen molar-refractivity contribution in [2.45, 2.75) is 43.2 Å². The smallest absolute Gasteiger partial charge is 0.241 e. The summed E-state index contributed by atoms with van der Waals surface area (Å²) in [6, 6.07) is 6.41. The van der Waals surface area contributed by atoms with Crippen LogP contribution < -0.4 is 4.72 Å². The van der Waals surface area contributed by atoms with Gasteiger partial charge in [-0.15, -0.1) is 0 Å². The first kappa shape index (κ1) is 12.5. The molecule has 1 aromatic carbocycles. The Kier molecular flexibility index (Phi) is 3.01. The molecule has 1 atom stereocenters. The molecule has 0 amide bonds. The minimum absolute atomic E-state index is 0.212. The fourth-order valence-corrected chi connectivity index (χ4v) is 3.13. The molecule has 2 N–H and O–H groups in total. The second-order valence-electron chi connectivity index (χ2n) is 4.91. The van der Waals surface area contributed by atoms with E-state index in [4.69, 9.17) is 0 Å². The van der Waals surface area contributed by atoms with E-state index in [9.17, 15) is 13.5 Å². The van der Waals surface area contributed by atoms with Gasteiger partial charge in [-0.1, -0.05) is 12.1 Å². The van der Waals surface area contributed by atoms with Gasteiger partial charge in [0.15, 0.2) is 0 Å². The van der Waals surface area contributed by atoms with Crippen LogP contribution in [-0.4, -0.2) is 19.1 Å². The number of nitrogens with one attached hydrogen (secondary N) is 1. The zero-order chi connectivity index (χ0) is 12.7. The van der Waals surface area contributed by atoms with Crippen molar-refractivity contribution in [3.63, 3.8) is 0 Å². The Morgan fingerprint density at radius 2 is 2.06 bits per heavy atom. The molecule has 0 bridgehead atoms. The molecular formula is C12H17NO3S. The summed E-state index contributed by atoms with van der Waals surface area (Å²) in [6.07, 6.45) is 1.09. The molecule has 1 aliphatic rings. The van der Waals surface area contributed by atoms with E-state index in [-0.39, 0.29) is 10.4 Å². The predicted octanol–water partition coefficient (Wildman–Crippen LogP) is 1.57. The average molecular weight is 255 g/mol. The summed E-state index contributed by atoms with van der Waals surface area (Å²) < 4.78 is 26.8. The summed E-state index contributed by atoms with van der Waals surface area (Å²) in [5.41, 5.74) is 0.327. The largest absolute Gasteiger partial charge is 0.389 e. The van der Waals surface area contributed by atoms with Crippen molar-refractivity contribution < 1.29 is 13.5 Å². The number of rotatable bonds is 4. The first-order valence-electron chi connectivity index (χ1n) is 5.64. The second-order valence-corrected chi connectivity index (χ2v) is 6.60. The standard InChI is InChI=1S/C12H17NO3S/c1-9(14)10-4-3-5-11(8-10)17(15,16)13-12(2)6-7-12/h3-5,8-9,13-14H,6-7H2,1-2H3. The lowest BCUT2D eigenvalue weighted by Gasteiger charge is -2.13. The zero-order valence-electron chi connectivity index (χ0n) is 9.97. The lowest BCUT2D eigenvalue weighted by molar-refractivity contribution is 0.199. The Labute approximate surface area is 102 Å². The van der Waals surface area contributed by atoms with E-state index in [1.165, 1.54) is 6.07 Å². The van der Waals surface area contributed by atoms with Crippen molar-refractivity contribution in [3.05, 3.63) is 29.8 Å². The van der Waals surface area contributed by atoms with Gasteiger partial charge in [0.05, 0.1) is 11.0 Å². The highest BCUT2D eigenvalue weighted by atomic mass is 32.2. The molecule has 0 radical (unpaired) electrons. The second kappa shape index (κ2) is 4.08. The molecule has 1 fully saturated rings. The minimum atomic E-state index is -3.47. The summed E-state index contributed by atoms with van der Waals surface area (Å²) in [6.45, 7) is 3.50. The van der Waals surface area contributed by atoms with Gasteiger partial charge < -0.3 is 5.11 Å². The molecule has 5 heteroatoms. The third kappa shape index (κ3) is 2.86. The van der Waals surface area contributed by atoms with Gasteiger partial charge in [0.2, 0.25) is 10.0 Å². The van der Waals surface area contributed by atoms with Gasteiger partial charge in [0, 0.05) is 5.54 Å². The topological polar surface area (TPSA) is 66.4 Å². The Morgan fingerprint density at radius 1 is 1.41 bits per heavy atom. The molecule has 4 nitrogen and oxygen atoms in total. The van der Waals surface area contributed by atoms with Crippen LogP contribution in [0.4, 0.5) is 0 Å². The summed E-state index contributed by atoms with van der Waals surface area (Å²) in [5.74, 6) is 0. The molecule has 0 heterocycles. The quantitative estimate of drug-likeness (QED) is 0.858. The van der Waals surface area contributed by atoms with Gasteiger partial charge in [-0.25, -0.2) is 13.1 Å². The van der Waals surface area contributed by atoms with Crippen LogP contribution in [0.25, 0.3) is 0 Å². The van der Waals surface area contributed by atoms with E-state index in [0.29, 0.717) is 5.56 Å². The van der Waals surface area contributed by atoms with E-state index >= 15 is 0 Å². The molecule has 1 aliphatic carbocycles. The molecule has 1 saturated carbocycles. The van der Waals surface area contributed by atoms with Gasteiger partial charge in [-0.05, 0) is 44.4 Å². The van der Waals surface area contributed by atoms with Crippen LogP contribution in [0.1, 0.15) is 38.4 Å². The van der Waals surface area contributed by atoms with Gasteiger partial charge in [0.1, 0.15) is 0 Å². The summed E-state index contributed by atoms with van der Waals surface area (Å²) in [4.78, 5) is 0.212. The van der Waals surface area contributed by atoms with Crippen molar-refractivity contribution in [1.29, 1.82) is 0 Å². The number of hydrogen-bond donors (Lipinski definition) is 2. The van der Waals surface area contributed by atoms with E-state index in [2.05, 4.69) is 4.72 Å². The lowest BCUT2D eigenvalue weighted by Crippen LogP contribution is -2.34. The zero-order valence-corrected chi connectivity index (χ0v) is 10.8. The molecule has 0 aliphatic heterocycles. The average Bonchev–Trinajstić information content (AvgIpc) is 2.95. The van der Waals surface area contributed by atoms with Crippen LogP contribution in [0, 0.1) is 0 Å². The molecule has 1 unspecified atom stereocenters. The van der Waals surface area contributed by atoms with E-state index in [0.717, 1.165) is 12.8 Å². The highest BCUT2D eigenvalue weighted by molar-refractivity contribution is 7.89. The van der Waals surface area contributed by atoms with Crippen LogP contribution in [-0.2, 0) is 10.0 Å². The SMILES string of the molecule is CC(O)c1cccc(S(=O)(=O)NC2(C)CC2)c1. The summed E-state index contributed by atoms with van der Waals surface area (Å²) >= 11 is 0. The first-order valence-corrected chi connectivity index (χ1v) is 7.13. The lowest BCUT2D eigenvalue weighted by atomic mass is 10.1. The normalized spacial score (nSPS) is 19.9. The van der Waals surface area contributed by atoms with Crippen LogP contribution in [0.2, 0.25) is 0 Å². The maximum atomic E-state index is 12.1. The molecule has 17 heavy (non-hydrogen) atoms. The van der Waals surface area contributed by atoms with E-state index in [1.807, 2.05) is 6.92 Å². The maximum Gasteiger partial charge on any atom is 0.241 e. The van der Waals surface area contributed by atoms with Gasteiger partial charge in [-0.2, -0.15) is 0 Å². The molecule has 0 aromatic heterocycles. The minimum Gasteiger partial charge on any atom is -0.389 e. The van der Waals surface area contributed by atoms with Gasteiger partial charge in [-0.3, -0.25) is 0 Å². The molecule has 94 valence electrons. The Bertz CT molecular complexity index is 518. The number of benzene rings is 1. The third-order valence-corrected chi connectivity index (χ3v) is 4.67. The van der Waals surface area contributed by atoms with Crippen LogP contribution in [0.3, 0.4) is 0 Å². The van der Waals surface area contributed by atoms with Crippen molar-refractivity contribution in [2.24, 2.45) is 0 Å². The predicted molar refractivity (Wildman–Crippen MR) is 65.0 cm³/mol. The summed E-state index contributed by atoms with van der Waals surface area (Å²) in [7, 11) is -3.47. The van der Waals surface area contributed by atoms with E-state index < -0.39 is 16.1 Å².